The van der Waals surface area contributed by atoms with Crippen LogP contribution in [0.15, 0.2) is 47.3 Å². The average molecular weight is 301 g/mol. The smallest absolute Gasteiger partial charge is 0.271 e. The van der Waals surface area contributed by atoms with Gasteiger partial charge in [0.1, 0.15) is 5.69 Å². The molecule has 0 radical (unpaired) electrons. The second kappa shape index (κ2) is 7.51. The molecule has 6 heteroatoms. The predicted molar refractivity (Wildman–Crippen MR) is 82.7 cm³/mol. The highest BCUT2D eigenvalue weighted by Crippen LogP contribution is 2.02. The van der Waals surface area contributed by atoms with Crippen LogP contribution in [0, 0.1) is 0 Å². The van der Waals surface area contributed by atoms with Gasteiger partial charge in [0.05, 0.1) is 6.10 Å². The Balaban J connectivity index is 1.91. The summed E-state index contributed by atoms with van der Waals surface area (Å²) in [6, 6.07) is 12.2. The van der Waals surface area contributed by atoms with Crippen LogP contribution in [0.5, 0.6) is 0 Å². The first-order valence-corrected chi connectivity index (χ1v) is 7.18. The number of nitrogens with one attached hydrogen (secondary N) is 1. The van der Waals surface area contributed by atoms with E-state index in [0.29, 0.717) is 13.0 Å². The second-order valence-corrected chi connectivity index (χ2v) is 4.93. The summed E-state index contributed by atoms with van der Waals surface area (Å²) in [5.74, 6) is -0.408. The topological polar surface area (TPSA) is 84.2 Å². The van der Waals surface area contributed by atoms with E-state index < -0.39 is 12.0 Å². The van der Waals surface area contributed by atoms with Crippen LogP contribution in [0.2, 0.25) is 0 Å². The van der Waals surface area contributed by atoms with Crippen LogP contribution in [-0.4, -0.2) is 33.4 Å². The van der Waals surface area contributed by atoms with Crippen LogP contribution in [-0.2, 0) is 13.0 Å². The molecule has 22 heavy (non-hydrogen) atoms. The Morgan fingerprint density at radius 2 is 2.00 bits per heavy atom. The van der Waals surface area contributed by atoms with E-state index in [9.17, 15) is 14.7 Å². The monoisotopic (exact) mass is 301 g/mol. The maximum atomic E-state index is 12.0. The van der Waals surface area contributed by atoms with Crippen molar-refractivity contribution < 1.29 is 9.90 Å². The third-order valence-electron chi connectivity index (χ3n) is 3.21. The average Bonchev–Trinajstić information content (AvgIpc) is 2.54. The van der Waals surface area contributed by atoms with Crippen LogP contribution < -0.4 is 10.9 Å². The number of hydrogen-bond donors (Lipinski definition) is 2. The fourth-order valence-corrected chi connectivity index (χ4v) is 2.06. The lowest BCUT2D eigenvalue weighted by atomic mass is 10.1. The van der Waals surface area contributed by atoms with Crippen molar-refractivity contribution in [3.63, 3.8) is 0 Å². The van der Waals surface area contributed by atoms with E-state index in [-0.39, 0.29) is 17.8 Å². The van der Waals surface area contributed by atoms with Gasteiger partial charge in [-0.2, -0.15) is 5.10 Å². The molecule has 0 fully saturated rings. The molecule has 0 spiro atoms. The van der Waals surface area contributed by atoms with Gasteiger partial charge < -0.3 is 10.4 Å². The molecule has 0 saturated carbocycles. The first-order chi connectivity index (χ1) is 10.6. The van der Waals surface area contributed by atoms with E-state index >= 15 is 0 Å². The molecule has 0 aliphatic rings. The Kier molecular flexibility index (Phi) is 5.43. The van der Waals surface area contributed by atoms with E-state index in [4.69, 9.17) is 0 Å². The molecule has 1 amide bonds. The summed E-state index contributed by atoms with van der Waals surface area (Å²) in [5.41, 5.74) is 0.915. The third-order valence-corrected chi connectivity index (χ3v) is 3.21. The second-order valence-electron chi connectivity index (χ2n) is 4.93. The molecule has 6 nitrogen and oxygen atoms in total. The number of aliphatic hydroxyl groups excluding tert-OH is 1. The number of aryl methyl sites for hydroxylation is 1. The highest BCUT2D eigenvalue weighted by molar-refractivity contribution is 5.91. The lowest BCUT2D eigenvalue weighted by molar-refractivity contribution is 0.0908. The summed E-state index contributed by atoms with van der Waals surface area (Å²) < 4.78 is 1.22. The summed E-state index contributed by atoms with van der Waals surface area (Å²) in [7, 11) is 0. The van der Waals surface area contributed by atoms with Crippen LogP contribution >= 0.6 is 0 Å². The number of nitrogens with zero attached hydrogens (tertiary/aromatic N) is 2. The van der Waals surface area contributed by atoms with Crippen LogP contribution in [0.25, 0.3) is 0 Å². The molecule has 0 bridgehead atoms. The summed E-state index contributed by atoms with van der Waals surface area (Å²) in [6.45, 7) is 2.30. The molecule has 0 saturated heterocycles. The molecule has 2 rings (SSSR count). The largest absolute Gasteiger partial charge is 0.391 e. The van der Waals surface area contributed by atoms with Crippen molar-refractivity contribution >= 4 is 5.91 Å². The van der Waals surface area contributed by atoms with E-state index in [1.165, 1.54) is 16.8 Å². The van der Waals surface area contributed by atoms with Crippen molar-refractivity contribution in [3.8, 4) is 0 Å². The number of hydrogen-bond acceptors (Lipinski definition) is 4. The van der Waals surface area contributed by atoms with Gasteiger partial charge in [-0.1, -0.05) is 30.3 Å². The minimum Gasteiger partial charge on any atom is -0.391 e. The standard InChI is InChI=1S/C16H19N3O3/c1-2-19-15(21)9-8-14(18-19)16(22)17-11-13(20)10-12-6-4-3-5-7-12/h3-9,13,20H,2,10-11H2,1H3,(H,17,22). The minimum absolute atomic E-state index is 0.126. The zero-order chi connectivity index (χ0) is 15.9. The van der Waals surface area contributed by atoms with E-state index in [2.05, 4.69) is 10.4 Å². The van der Waals surface area contributed by atoms with Gasteiger partial charge >= 0.3 is 0 Å². The molecule has 1 atom stereocenters. The lowest BCUT2D eigenvalue weighted by Gasteiger charge is -2.12. The van der Waals surface area contributed by atoms with E-state index in [0.717, 1.165) is 5.56 Å². The number of aliphatic hydroxyl groups is 1. The van der Waals surface area contributed by atoms with Crippen molar-refractivity contribution in [2.45, 2.75) is 26.0 Å². The van der Waals surface area contributed by atoms with Gasteiger partial charge in [0.2, 0.25) is 0 Å². The molecular weight excluding hydrogens is 282 g/mol. The van der Waals surface area contributed by atoms with Gasteiger partial charge in [0.25, 0.3) is 11.5 Å². The number of rotatable bonds is 6. The molecule has 0 aliphatic heterocycles. The summed E-state index contributed by atoms with van der Waals surface area (Å²) in [6.07, 6.45) is -0.216. The summed E-state index contributed by atoms with van der Waals surface area (Å²) in [4.78, 5) is 23.4. The number of amides is 1. The normalized spacial score (nSPS) is 11.9. The maximum absolute atomic E-state index is 12.0. The van der Waals surface area contributed by atoms with Gasteiger partial charge in [0, 0.05) is 25.6 Å². The molecule has 116 valence electrons. The van der Waals surface area contributed by atoms with Crippen molar-refractivity contribution in [3.05, 3.63) is 64.1 Å². The van der Waals surface area contributed by atoms with Crippen molar-refractivity contribution in [1.29, 1.82) is 0 Å². The predicted octanol–water partition coefficient (Wildman–Crippen LogP) is 0.597. The highest BCUT2D eigenvalue weighted by atomic mass is 16.3. The van der Waals surface area contributed by atoms with Crippen LogP contribution in [0.4, 0.5) is 0 Å². The Morgan fingerprint density at radius 1 is 1.27 bits per heavy atom. The molecule has 1 aromatic carbocycles. The van der Waals surface area contributed by atoms with Gasteiger partial charge in [-0.25, -0.2) is 4.68 Å². The molecule has 1 heterocycles. The third kappa shape index (κ3) is 4.26. The molecule has 1 unspecified atom stereocenters. The fourth-order valence-electron chi connectivity index (χ4n) is 2.06. The zero-order valence-corrected chi connectivity index (χ0v) is 12.4. The van der Waals surface area contributed by atoms with Crippen LogP contribution in [0.1, 0.15) is 23.0 Å². The first kappa shape index (κ1) is 15.9. The molecule has 2 N–H and O–H groups in total. The van der Waals surface area contributed by atoms with Gasteiger partial charge in [-0.15, -0.1) is 0 Å². The van der Waals surface area contributed by atoms with Gasteiger partial charge in [-0.05, 0) is 18.6 Å². The van der Waals surface area contributed by atoms with Gasteiger partial charge in [-0.3, -0.25) is 9.59 Å². The Bertz CT molecular complexity index is 683. The quantitative estimate of drug-likeness (QED) is 0.818. The summed E-state index contributed by atoms with van der Waals surface area (Å²) >= 11 is 0. The van der Waals surface area contributed by atoms with E-state index in [1.54, 1.807) is 6.92 Å². The fraction of sp³-hybridized carbons (Fsp3) is 0.312. The van der Waals surface area contributed by atoms with Gasteiger partial charge in [0.15, 0.2) is 0 Å². The minimum atomic E-state index is -0.677. The first-order valence-electron chi connectivity index (χ1n) is 7.18. The zero-order valence-electron chi connectivity index (χ0n) is 12.4. The molecule has 0 aliphatic carbocycles. The Morgan fingerprint density at radius 3 is 2.68 bits per heavy atom. The van der Waals surface area contributed by atoms with Crippen molar-refractivity contribution in [1.82, 2.24) is 15.1 Å². The van der Waals surface area contributed by atoms with Crippen molar-refractivity contribution in [2.24, 2.45) is 0 Å². The Labute approximate surface area is 128 Å². The molecule has 1 aromatic heterocycles. The highest BCUT2D eigenvalue weighted by Gasteiger charge is 2.12. The van der Waals surface area contributed by atoms with Crippen molar-refractivity contribution in [2.75, 3.05) is 6.54 Å². The molecule has 2 aromatic rings. The SMILES string of the molecule is CCn1nc(C(=O)NCC(O)Cc2ccccc2)ccc1=O. The van der Waals surface area contributed by atoms with E-state index in [1.807, 2.05) is 30.3 Å². The maximum Gasteiger partial charge on any atom is 0.271 e. The number of benzene rings is 1. The summed E-state index contributed by atoms with van der Waals surface area (Å²) in [5, 5.41) is 16.5. The number of carbonyl (C=O) groups excluding carboxylic acids is 1. The number of carbonyl (C=O) groups is 1. The number of aromatic nitrogens is 2. The van der Waals surface area contributed by atoms with Crippen LogP contribution in [0.3, 0.4) is 0 Å². The Hall–Kier alpha value is -2.47. The molecular formula is C16H19N3O3. The lowest BCUT2D eigenvalue weighted by Crippen LogP contribution is -2.35.